The van der Waals surface area contributed by atoms with E-state index in [9.17, 15) is 5.11 Å². The summed E-state index contributed by atoms with van der Waals surface area (Å²) in [4.78, 5) is 4.00. The monoisotopic (exact) mass is 217 g/mol. The number of nitrogens with zero attached hydrogens (tertiary/aromatic N) is 2. The SMILES string of the molecule is N#Cc1ccc(NC2CCC(O)CC2)cn1. The van der Waals surface area contributed by atoms with E-state index in [2.05, 4.69) is 10.3 Å². The standard InChI is InChI=1S/C12H15N3O/c13-7-10-1-2-11(8-14-10)15-9-3-5-12(16)6-4-9/h1-2,8-9,12,15-16H,3-6H2. The number of anilines is 1. The average Bonchev–Trinajstić information content (AvgIpc) is 2.33. The molecule has 1 aliphatic carbocycles. The second-order valence-electron chi connectivity index (χ2n) is 4.19. The maximum atomic E-state index is 9.39. The Kier molecular flexibility index (Phi) is 3.37. The van der Waals surface area contributed by atoms with Crippen molar-refractivity contribution in [3.8, 4) is 6.07 Å². The first-order valence-corrected chi connectivity index (χ1v) is 5.58. The molecule has 1 fully saturated rings. The van der Waals surface area contributed by atoms with Crippen LogP contribution in [0.5, 0.6) is 0 Å². The van der Waals surface area contributed by atoms with Crippen LogP contribution in [0.4, 0.5) is 5.69 Å². The predicted molar refractivity (Wildman–Crippen MR) is 60.8 cm³/mol. The van der Waals surface area contributed by atoms with E-state index in [-0.39, 0.29) is 6.10 Å². The Balaban J connectivity index is 1.91. The minimum atomic E-state index is -0.128. The molecule has 1 aliphatic rings. The van der Waals surface area contributed by atoms with Gasteiger partial charge in [0, 0.05) is 6.04 Å². The third-order valence-corrected chi connectivity index (χ3v) is 2.95. The molecule has 0 aliphatic heterocycles. The van der Waals surface area contributed by atoms with Gasteiger partial charge in [-0.1, -0.05) is 0 Å². The molecule has 1 aromatic rings. The van der Waals surface area contributed by atoms with Gasteiger partial charge < -0.3 is 10.4 Å². The fraction of sp³-hybridized carbons (Fsp3) is 0.500. The molecular weight excluding hydrogens is 202 g/mol. The van der Waals surface area contributed by atoms with Gasteiger partial charge in [-0.25, -0.2) is 4.98 Å². The number of nitrogens with one attached hydrogen (secondary N) is 1. The van der Waals surface area contributed by atoms with Crippen LogP contribution in [0.3, 0.4) is 0 Å². The molecule has 84 valence electrons. The van der Waals surface area contributed by atoms with Crippen molar-refractivity contribution in [1.82, 2.24) is 4.98 Å². The van der Waals surface area contributed by atoms with Gasteiger partial charge in [0.15, 0.2) is 0 Å². The molecule has 4 nitrogen and oxygen atoms in total. The van der Waals surface area contributed by atoms with Crippen LogP contribution in [0.2, 0.25) is 0 Å². The minimum Gasteiger partial charge on any atom is -0.393 e. The molecule has 0 spiro atoms. The molecule has 0 unspecified atom stereocenters. The fourth-order valence-corrected chi connectivity index (χ4v) is 2.00. The van der Waals surface area contributed by atoms with Gasteiger partial charge >= 0.3 is 0 Å². The lowest BCUT2D eigenvalue weighted by molar-refractivity contribution is 0.126. The zero-order valence-corrected chi connectivity index (χ0v) is 9.06. The van der Waals surface area contributed by atoms with Crippen LogP contribution in [0.15, 0.2) is 18.3 Å². The topological polar surface area (TPSA) is 68.9 Å². The molecule has 16 heavy (non-hydrogen) atoms. The highest BCUT2D eigenvalue weighted by Gasteiger charge is 2.18. The lowest BCUT2D eigenvalue weighted by atomic mass is 9.93. The molecule has 0 radical (unpaired) electrons. The van der Waals surface area contributed by atoms with Gasteiger partial charge in [0.2, 0.25) is 0 Å². The summed E-state index contributed by atoms with van der Waals surface area (Å²) in [6.07, 6.45) is 5.26. The largest absolute Gasteiger partial charge is 0.393 e. The van der Waals surface area contributed by atoms with Crippen molar-refractivity contribution in [3.05, 3.63) is 24.0 Å². The van der Waals surface area contributed by atoms with E-state index in [1.807, 2.05) is 12.1 Å². The van der Waals surface area contributed by atoms with Gasteiger partial charge in [-0.2, -0.15) is 5.26 Å². The van der Waals surface area contributed by atoms with Crippen molar-refractivity contribution in [2.75, 3.05) is 5.32 Å². The summed E-state index contributed by atoms with van der Waals surface area (Å²) in [5.74, 6) is 0. The van der Waals surface area contributed by atoms with Crippen LogP contribution in [-0.2, 0) is 0 Å². The Morgan fingerprint density at radius 3 is 2.62 bits per heavy atom. The van der Waals surface area contributed by atoms with E-state index >= 15 is 0 Å². The Hall–Kier alpha value is -1.60. The molecule has 1 heterocycles. The smallest absolute Gasteiger partial charge is 0.140 e. The van der Waals surface area contributed by atoms with Crippen LogP contribution < -0.4 is 5.32 Å². The normalized spacial score (nSPS) is 24.8. The predicted octanol–water partition coefficient (Wildman–Crippen LogP) is 1.67. The van der Waals surface area contributed by atoms with Crippen molar-refractivity contribution < 1.29 is 5.11 Å². The second-order valence-corrected chi connectivity index (χ2v) is 4.19. The summed E-state index contributed by atoms with van der Waals surface area (Å²) in [7, 11) is 0. The quantitative estimate of drug-likeness (QED) is 0.790. The van der Waals surface area contributed by atoms with Crippen molar-refractivity contribution in [2.45, 2.75) is 37.8 Å². The average molecular weight is 217 g/mol. The number of hydrogen-bond acceptors (Lipinski definition) is 4. The number of aliphatic hydroxyl groups excluding tert-OH is 1. The van der Waals surface area contributed by atoms with Gasteiger partial charge in [0.25, 0.3) is 0 Å². The van der Waals surface area contributed by atoms with Gasteiger partial charge in [0.05, 0.1) is 18.0 Å². The Morgan fingerprint density at radius 1 is 1.31 bits per heavy atom. The van der Waals surface area contributed by atoms with E-state index in [0.717, 1.165) is 31.4 Å². The number of rotatable bonds is 2. The molecule has 1 aromatic heterocycles. The molecule has 2 rings (SSSR count). The first-order valence-electron chi connectivity index (χ1n) is 5.58. The highest BCUT2D eigenvalue weighted by atomic mass is 16.3. The van der Waals surface area contributed by atoms with Gasteiger partial charge in [-0.05, 0) is 37.8 Å². The molecule has 0 atom stereocenters. The van der Waals surface area contributed by atoms with E-state index in [1.54, 1.807) is 12.3 Å². The number of aliphatic hydroxyl groups is 1. The molecule has 4 heteroatoms. The highest BCUT2D eigenvalue weighted by Crippen LogP contribution is 2.21. The maximum Gasteiger partial charge on any atom is 0.140 e. The maximum absolute atomic E-state index is 9.39. The summed E-state index contributed by atoms with van der Waals surface area (Å²) in [5, 5.41) is 21.4. The third-order valence-electron chi connectivity index (χ3n) is 2.95. The Morgan fingerprint density at radius 2 is 2.06 bits per heavy atom. The van der Waals surface area contributed by atoms with Crippen molar-refractivity contribution in [2.24, 2.45) is 0 Å². The summed E-state index contributed by atoms with van der Waals surface area (Å²) in [6, 6.07) is 5.99. The molecule has 2 N–H and O–H groups in total. The summed E-state index contributed by atoms with van der Waals surface area (Å²) >= 11 is 0. The molecule has 0 amide bonds. The zero-order chi connectivity index (χ0) is 11.4. The van der Waals surface area contributed by atoms with E-state index in [1.165, 1.54) is 0 Å². The van der Waals surface area contributed by atoms with E-state index in [4.69, 9.17) is 5.26 Å². The highest BCUT2D eigenvalue weighted by molar-refractivity contribution is 5.43. The lowest BCUT2D eigenvalue weighted by Crippen LogP contribution is -2.28. The first kappa shape index (κ1) is 10.9. The van der Waals surface area contributed by atoms with Crippen LogP contribution >= 0.6 is 0 Å². The number of hydrogen-bond donors (Lipinski definition) is 2. The zero-order valence-electron chi connectivity index (χ0n) is 9.06. The molecule has 0 saturated heterocycles. The molecular formula is C12H15N3O. The number of aromatic nitrogens is 1. The van der Waals surface area contributed by atoms with Crippen molar-refractivity contribution in [1.29, 1.82) is 5.26 Å². The van der Waals surface area contributed by atoms with Crippen LogP contribution in [0.1, 0.15) is 31.4 Å². The van der Waals surface area contributed by atoms with E-state index < -0.39 is 0 Å². The molecule has 0 bridgehead atoms. The molecule has 0 aromatic carbocycles. The Labute approximate surface area is 94.9 Å². The first-order chi connectivity index (χ1) is 7.78. The molecule has 1 saturated carbocycles. The summed E-state index contributed by atoms with van der Waals surface area (Å²) < 4.78 is 0. The van der Waals surface area contributed by atoms with Crippen LogP contribution in [0, 0.1) is 11.3 Å². The van der Waals surface area contributed by atoms with Crippen molar-refractivity contribution >= 4 is 5.69 Å². The Bertz CT molecular complexity index is 374. The van der Waals surface area contributed by atoms with Gasteiger partial charge in [-0.15, -0.1) is 0 Å². The minimum absolute atomic E-state index is 0.128. The fourth-order valence-electron chi connectivity index (χ4n) is 2.00. The number of nitriles is 1. The summed E-state index contributed by atoms with van der Waals surface area (Å²) in [6.45, 7) is 0. The van der Waals surface area contributed by atoms with Gasteiger partial charge in [0.1, 0.15) is 11.8 Å². The van der Waals surface area contributed by atoms with E-state index in [0.29, 0.717) is 11.7 Å². The number of pyridine rings is 1. The van der Waals surface area contributed by atoms with Crippen LogP contribution in [0.25, 0.3) is 0 Å². The second kappa shape index (κ2) is 4.95. The van der Waals surface area contributed by atoms with Gasteiger partial charge in [-0.3, -0.25) is 0 Å². The summed E-state index contributed by atoms with van der Waals surface area (Å²) in [5.41, 5.74) is 1.38. The lowest BCUT2D eigenvalue weighted by Gasteiger charge is -2.26. The van der Waals surface area contributed by atoms with Crippen molar-refractivity contribution in [3.63, 3.8) is 0 Å². The van der Waals surface area contributed by atoms with Crippen LogP contribution in [-0.4, -0.2) is 22.2 Å². The third kappa shape index (κ3) is 2.71.